The summed E-state index contributed by atoms with van der Waals surface area (Å²) in [6, 6.07) is 6.04. The van der Waals surface area contributed by atoms with Gasteiger partial charge in [-0.2, -0.15) is 4.98 Å². The molecule has 0 amide bonds. The van der Waals surface area contributed by atoms with Crippen molar-refractivity contribution in [2.45, 2.75) is 13.5 Å². The molecule has 5 nitrogen and oxygen atoms in total. The van der Waals surface area contributed by atoms with Crippen LogP contribution in [0.3, 0.4) is 0 Å². The average molecular weight is 285 g/mol. The van der Waals surface area contributed by atoms with Crippen LogP contribution in [-0.2, 0) is 6.54 Å². The smallest absolute Gasteiger partial charge is 0.225 e. The van der Waals surface area contributed by atoms with Crippen molar-refractivity contribution in [3.05, 3.63) is 41.0 Å². The molecular formula is C14H15N5S. The average Bonchev–Trinajstić information content (AvgIpc) is 2.94. The molecule has 0 saturated carbocycles. The molecule has 0 aromatic carbocycles. The molecule has 0 spiro atoms. The maximum atomic E-state index is 4.48. The second kappa shape index (κ2) is 5.42. The van der Waals surface area contributed by atoms with E-state index in [1.54, 1.807) is 11.3 Å². The Morgan fingerprint density at radius 1 is 1.25 bits per heavy atom. The minimum atomic E-state index is 0.625. The van der Waals surface area contributed by atoms with E-state index in [0.29, 0.717) is 12.5 Å². The first-order valence-electron chi connectivity index (χ1n) is 6.35. The Kier molecular flexibility index (Phi) is 3.47. The van der Waals surface area contributed by atoms with Crippen molar-refractivity contribution >= 4 is 33.3 Å². The van der Waals surface area contributed by atoms with Crippen molar-refractivity contribution in [2.75, 3.05) is 17.7 Å². The minimum Gasteiger partial charge on any atom is -0.364 e. The number of pyridine rings is 1. The topological polar surface area (TPSA) is 62.7 Å². The molecule has 2 N–H and O–H groups in total. The Labute approximate surface area is 121 Å². The van der Waals surface area contributed by atoms with E-state index in [4.69, 9.17) is 0 Å². The predicted molar refractivity (Wildman–Crippen MR) is 83.3 cm³/mol. The van der Waals surface area contributed by atoms with E-state index in [2.05, 4.69) is 38.6 Å². The third-order valence-corrected chi connectivity index (χ3v) is 3.90. The largest absolute Gasteiger partial charge is 0.364 e. The van der Waals surface area contributed by atoms with E-state index in [-0.39, 0.29) is 0 Å². The molecule has 6 heteroatoms. The molecule has 3 aromatic rings. The van der Waals surface area contributed by atoms with Gasteiger partial charge < -0.3 is 10.6 Å². The SMILES string of the molecule is CNc1nc(NCc2ncccc2C)c2ccsc2n1. The summed E-state index contributed by atoms with van der Waals surface area (Å²) in [4.78, 5) is 14.3. The fraction of sp³-hybridized carbons (Fsp3) is 0.214. The molecule has 3 aromatic heterocycles. The van der Waals surface area contributed by atoms with Crippen molar-refractivity contribution in [3.63, 3.8) is 0 Å². The number of anilines is 2. The minimum absolute atomic E-state index is 0.625. The Hall–Kier alpha value is -2.21. The highest BCUT2D eigenvalue weighted by Gasteiger charge is 2.08. The van der Waals surface area contributed by atoms with Gasteiger partial charge in [0.15, 0.2) is 0 Å². The van der Waals surface area contributed by atoms with Gasteiger partial charge in [0.25, 0.3) is 0 Å². The van der Waals surface area contributed by atoms with Crippen LogP contribution in [0.5, 0.6) is 0 Å². The Balaban J connectivity index is 1.90. The number of nitrogens with zero attached hydrogens (tertiary/aromatic N) is 3. The van der Waals surface area contributed by atoms with Crippen LogP contribution < -0.4 is 10.6 Å². The number of fused-ring (bicyclic) bond motifs is 1. The van der Waals surface area contributed by atoms with Gasteiger partial charge in [0.1, 0.15) is 10.6 Å². The zero-order valence-corrected chi connectivity index (χ0v) is 12.2. The zero-order chi connectivity index (χ0) is 13.9. The van der Waals surface area contributed by atoms with Gasteiger partial charge in [-0.3, -0.25) is 4.98 Å². The van der Waals surface area contributed by atoms with Gasteiger partial charge in [0, 0.05) is 13.2 Å². The lowest BCUT2D eigenvalue weighted by molar-refractivity contribution is 1.01. The number of nitrogens with one attached hydrogen (secondary N) is 2. The lowest BCUT2D eigenvalue weighted by Gasteiger charge is -2.09. The van der Waals surface area contributed by atoms with Crippen molar-refractivity contribution < 1.29 is 0 Å². The highest BCUT2D eigenvalue weighted by molar-refractivity contribution is 7.16. The monoisotopic (exact) mass is 285 g/mol. The highest BCUT2D eigenvalue weighted by Crippen LogP contribution is 2.26. The molecule has 0 bridgehead atoms. The molecule has 3 rings (SSSR count). The van der Waals surface area contributed by atoms with E-state index < -0.39 is 0 Å². The summed E-state index contributed by atoms with van der Waals surface area (Å²) in [6.45, 7) is 2.71. The summed E-state index contributed by atoms with van der Waals surface area (Å²) in [5.74, 6) is 1.46. The Morgan fingerprint density at radius 3 is 2.95 bits per heavy atom. The lowest BCUT2D eigenvalue weighted by atomic mass is 10.2. The first-order valence-corrected chi connectivity index (χ1v) is 7.23. The zero-order valence-electron chi connectivity index (χ0n) is 11.3. The molecule has 0 aliphatic carbocycles. The van der Waals surface area contributed by atoms with E-state index >= 15 is 0 Å². The summed E-state index contributed by atoms with van der Waals surface area (Å²) in [6.07, 6.45) is 1.81. The summed E-state index contributed by atoms with van der Waals surface area (Å²) in [5, 5.41) is 9.41. The summed E-state index contributed by atoms with van der Waals surface area (Å²) in [7, 11) is 1.82. The second-order valence-corrected chi connectivity index (χ2v) is 5.30. The molecule has 3 heterocycles. The van der Waals surface area contributed by atoms with E-state index in [1.807, 2.05) is 30.8 Å². The number of aromatic nitrogens is 3. The summed E-state index contributed by atoms with van der Waals surface area (Å²) < 4.78 is 0. The van der Waals surface area contributed by atoms with E-state index in [0.717, 1.165) is 21.7 Å². The van der Waals surface area contributed by atoms with Gasteiger partial charge in [0.05, 0.1) is 17.6 Å². The normalized spacial score (nSPS) is 10.7. The molecule has 102 valence electrons. The molecule has 0 radical (unpaired) electrons. The van der Waals surface area contributed by atoms with Crippen LogP contribution >= 0.6 is 11.3 Å². The molecule has 0 fully saturated rings. The van der Waals surface area contributed by atoms with Crippen LogP contribution in [0.1, 0.15) is 11.3 Å². The van der Waals surface area contributed by atoms with Gasteiger partial charge in [-0.15, -0.1) is 11.3 Å². The summed E-state index contributed by atoms with van der Waals surface area (Å²) in [5.41, 5.74) is 2.20. The number of hydrogen-bond acceptors (Lipinski definition) is 6. The molecule has 0 atom stereocenters. The third-order valence-electron chi connectivity index (χ3n) is 3.09. The van der Waals surface area contributed by atoms with Crippen LogP contribution in [0.15, 0.2) is 29.8 Å². The van der Waals surface area contributed by atoms with Crippen LogP contribution in [-0.4, -0.2) is 22.0 Å². The van der Waals surface area contributed by atoms with Gasteiger partial charge in [0.2, 0.25) is 5.95 Å². The first kappa shape index (κ1) is 12.8. The highest BCUT2D eigenvalue weighted by atomic mass is 32.1. The van der Waals surface area contributed by atoms with Gasteiger partial charge in [-0.1, -0.05) is 6.07 Å². The van der Waals surface area contributed by atoms with Crippen molar-refractivity contribution in [1.82, 2.24) is 15.0 Å². The Bertz CT molecular complexity index is 737. The maximum Gasteiger partial charge on any atom is 0.225 e. The Morgan fingerprint density at radius 2 is 2.15 bits per heavy atom. The number of rotatable bonds is 4. The van der Waals surface area contributed by atoms with E-state index in [1.165, 1.54) is 5.56 Å². The van der Waals surface area contributed by atoms with Gasteiger partial charge in [-0.05, 0) is 30.0 Å². The number of thiophene rings is 1. The standard InChI is InChI=1S/C14H15N5S/c1-9-4-3-6-16-11(9)8-17-12-10-5-7-20-13(10)19-14(15-2)18-12/h3-7H,8H2,1-2H3,(H2,15,17,18,19). The van der Waals surface area contributed by atoms with E-state index in [9.17, 15) is 0 Å². The summed E-state index contributed by atoms with van der Waals surface area (Å²) >= 11 is 1.61. The molecule has 0 unspecified atom stereocenters. The van der Waals surface area contributed by atoms with Crippen LogP contribution in [0.25, 0.3) is 10.2 Å². The molecule has 0 aliphatic rings. The van der Waals surface area contributed by atoms with Crippen LogP contribution in [0.2, 0.25) is 0 Å². The second-order valence-electron chi connectivity index (χ2n) is 4.41. The molecule has 0 saturated heterocycles. The van der Waals surface area contributed by atoms with Crippen molar-refractivity contribution in [3.8, 4) is 0 Å². The number of aryl methyl sites for hydroxylation is 1. The van der Waals surface area contributed by atoms with Crippen LogP contribution in [0, 0.1) is 6.92 Å². The first-order chi connectivity index (χ1) is 9.78. The molecule has 0 aliphatic heterocycles. The van der Waals surface area contributed by atoms with Crippen molar-refractivity contribution in [1.29, 1.82) is 0 Å². The maximum absolute atomic E-state index is 4.48. The van der Waals surface area contributed by atoms with Crippen LogP contribution in [0.4, 0.5) is 11.8 Å². The quantitative estimate of drug-likeness (QED) is 0.771. The third kappa shape index (κ3) is 2.42. The number of hydrogen-bond donors (Lipinski definition) is 2. The molecular weight excluding hydrogens is 270 g/mol. The fourth-order valence-corrected chi connectivity index (χ4v) is 2.74. The predicted octanol–water partition coefficient (Wildman–Crippen LogP) is 3.05. The van der Waals surface area contributed by atoms with Gasteiger partial charge in [-0.25, -0.2) is 4.98 Å². The van der Waals surface area contributed by atoms with Crippen molar-refractivity contribution in [2.24, 2.45) is 0 Å². The molecule has 20 heavy (non-hydrogen) atoms. The fourth-order valence-electron chi connectivity index (χ4n) is 1.97. The lowest BCUT2D eigenvalue weighted by Crippen LogP contribution is -2.07. The van der Waals surface area contributed by atoms with Gasteiger partial charge >= 0.3 is 0 Å².